The number of nitrogens with two attached hydrogens (primary N) is 1. The van der Waals surface area contributed by atoms with Gasteiger partial charge in [0, 0.05) is 18.5 Å². The SMILES string of the molecule is CN(Cc1cccs1)S(=O)(=O)c1cc(Br)c(F)cc1N. The third-order valence-electron chi connectivity index (χ3n) is 2.70. The third-order valence-corrected chi connectivity index (χ3v) is 6.03. The Kier molecular flexibility index (Phi) is 4.48. The molecule has 0 bridgehead atoms. The Hall–Kier alpha value is -0.960. The van der Waals surface area contributed by atoms with Gasteiger partial charge in [-0.1, -0.05) is 6.07 Å². The molecule has 0 spiro atoms. The lowest BCUT2D eigenvalue weighted by atomic mass is 10.3. The van der Waals surface area contributed by atoms with Crippen LogP contribution in [0.5, 0.6) is 0 Å². The smallest absolute Gasteiger partial charge is 0.245 e. The number of anilines is 1. The average molecular weight is 379 g/mol. The van der Waals surface area contributed by atoms with Crippen molar-refractivity contribution in [2.45, 2.75) is 11.4 Å². The van der Waals surface area contributed by atoms with Gasteiger partial charge in [0.25, 0.3) is 0 Å². The summed E-state index contributed by atoms with van der Waals surface area (Å²) in [4.78, 5) is 0.806. The van der Waals surface area contributed by atoms with E-state index in [2.05, 4.69) is 15.9 Å². The van der Waals surface area contributed by atoms with Crippen LogP contribution in [0.3, 0.4) is 0 Å². The standard InChI is InChI=1S/C12H12BrFN2O2S2/c1-16(7-8-3-2-4-19-8)20(17,18)12-5-9(13)10(14)6-11(12)15/h2-6H,7,15H2,1H3. The molecule has 2 N–H and O–H groups in total. The van der Waals surface area contributed by atoms with Gasteiger partial charge >= 0.3 is 0 Å². The molecule has 0 atom stereocenters. The molecule has 0 saturated carbocycles. The van der Waals surface area contributed by atoms with E-state index >= 15 is 0 Å². The van der Waals surface area contributed by atoms with E-state index in [1.54, 1.807) is 0 Å². The molecule has 0 aliphatic heterocycles. The quantitative estimate of drug-likeness (QED) is 0.831. The summed E-state index contributed by atoms with van der Waals surface area (Å²) in [6, 6.07) is 5.88. The van der Waals surface area contributed by atoms with E-state index in [-0.39, 0.29) is 21.6 Å². The van der Waals surface area contributed by atoms with Crippen molar-refractivity contribution >= 4 is 43.0 Å². The summed E-state index contributed by atoms with van der Waals surface area (Å²) in [7, 11) is -2.30. The van der Waals surface area contributed by atoms with E-state index in [9.17, 15) is 12.8 Å². The van der Waals surface area contributed by atoms with Crippen molar-refractivity contribution in [2.75, 3.05) is 12.8 Å². The molecule has 4 nitrogen and oxygen atoms in total. The maximum absolute atomic E-state index is 13.3. The highest BCUT2D eigenvalue weighted by atomic mass is 79.9. The van der Waals surface area contributed by atoms with Crippen LogP contribution in [0.4, 0.5) is 10.1 Å². The second kappa shape index (κ2) is 5.80. The van der Waals surface area contributed by atoms with Gasteiger partial charge in [-0.05, 0) is 39.5 Å². The molecular weight excluding hydrogens is 367 g/mol. The fourth-order valence-electron chi connectivity index (χ4n) is 1.64. The number of benzene rings is 1. The zero-order chi connectivity index (χ0) is 14.9. The molecule has 20 heavy (non-hydrogen) atoms. The minimum atomic E-state index is -3.77. The van der Waals surface area contributed by atoms with Crippen molar-refractivity contribution in [1.29, 1.82) is 0 Å². The van der Waals surface area contributed by atoms with E-state index in [0.717, 1.165) is 10.9 Å². The lowest BCUT2D eigenvalue weighted by molar-refractivity contribution is 0.470. The minimum absolute atomic E-state index is 0.0646. The topological polar surface area (TPSA) is 63.4 Å². The van der Waals surface area contributed by atoms with E-state index in [1.807, 2.05) is 17.5 Å². The second-order valence-electron chi connectivity index (χ2n) is 4.14. The molecule has 2 rings (SSSR count). The monoisotopic (exact) mass is 378 g/mol. The Morgan fingerprint density at radius 1 is 1.45 bits per heavy atom. The Morgan fingerprint density at radius 2 is 2.15 bits per heavy atom. The first kappa shape index (κ1) is 15.4. The van der Waals surface area contributed by atoms with Crippen molar-refractivity contribution in [1.82, 2.24) is 4.31 Å². The number of hydrogen-bond donors (Lipinski definition) is 1. The van der Waals surface area contributed by atoms with Crippen molar-refractivity contribution in [2.24, 2.45) is 0 Å². The third kappa shape index (κ3) is 3.03. The Bertz CT molecular complexity index is 717. The first-order chi connectivity index (χ1) is 9.32. The van der Waals surface area contributed by atoms with E-state index in [1.165, 1.54) is 28.8 Å². The van der Waals surface area contributed by atoms with Crippen LogP contribution in [-0.4, -0.2) is 19.8 Å². The molecule has 0 unspecified atom stereocenters. The molecule has 1 heterocycles. The molecule has 0 radical (unpaired) electrons. The predicted molar refractivity (Wildman–Crippen MR) is 81.5 cm³/mol. The van der Waals surface area contributed by atoms with E-state index in [4.69, 9.17) is 5.73 Å². The highest BCUT2D eigenvalue weighted by Gasteiger charge is 2.25. The van der Waals surface area contributed by atoms with Gasteiger partial charge in [0.2, 0.25) is 10.0 Å². The van der Waals surface area contributed by atoms with Gasteiger partial charge in [0.05, 0.1) is 10.2 Å². The second-order valence-corrected chi connectivity index (χ2v) is 8.04. The van der Waals surface area contributed by atoms with Crippen LogP contribution in [0.2, 0.25) is 0 Å². The molecule has 8 heteroatoms. The lowest BCUT2D eigenvalue weighted by Gasteiger charge is -2.18. The van der Waals surface area contributed by atoms with Crippen molar-refractivity contribution in [3.05, 3.63) is 44.8 Å². The molecule has 1 aromatic carbocycles. The molecule has 1 aromatic heterocycles. The van der Waals surface area contributed by atoms with Crippen LogP contribution >= 0.6 is 27.3 Å². The molecule has 0 aliphatic rings. The summed E-state index contributed by atoms with van der Waals surface area (Å²) < 4.78 is 39.5. The Balaban J connectivity index is 2.37. The van der Waals surface area contributed by atoms with Gasteiger partial charge in [-0.2, -0.15) is 4.31 Å². The number of hydrogen-bond acceptors (Lipinski definition) is 4. The number of sulfonamides is 1. The first-order valence-corrected chi connectivity index (χ1v) is 8.67. The van der Waals surface area contributed by atoms with Gasteiger partial charge in [-0.3, -0.25) is 0 Å². The van der Waals surface area contributed by atoms with Gasteiger partial charge in [-0.25, -0.2) is 12.8 Å². The van der Waals surface area contributed by atoms with Crippen molar-refractivity contribution in [3.63, 3.8) is 0 Å². The van der Waals surface area contributed by atoms with Gasteiger partial charge in [0.15, 0.2) is 0 Å². The molecule has 0 saturated heterocycles. The highest BCUT2D eigenvalue weighted by molar-refractivity contribution is 9.10. The Labute approximate surface area is 129 Å². The number of rotatable bonds is 4. The van der Waals surface area contributed by atoms with Crippen LogP contribution in [0, 0.1) is 5.82 Å². The van der Waals surface area contributed by atoms with Gasteiger partial charge in [-0.15, -0.1) is 11.3 Å². The number of nitrogens with zero attached hydrogens (tertiary/aromatic N) is 1. The maximum Gasteiger partial charge on any atom is 0.245 e. The fourth-order valence-corrected chi connectivity index (χ4v) is 4.24. The van der Waals surface area contributed by atoms with Crippen molar-refractivity contribution < 1.29 is 12.8 Å². The van der Waals surface area contributed by atoms with Crippen LogP contribution in [-0.2, 0) is 16.6 Å². The molecule has 108 valence electrons. The van der Waals surface area contributed by atoms with Crippen molar-refractivity contribution in [3.8, 4) is 0 Å². The van der Waals surface area contributed by atoms with Crippen LogP contribution < -0.4 is 5.73 Å². The zero-order valence-corrected chi connectivity index (χ0v) is 13.7. The molecule has 0 aliphatic carbocycles. The lowest BCUT2D eigenvalue weighted by Crippen LogP contribution is -2.27. The van der Waals surface area contributed by atoms with Gasteiger partial charge < -0.3 is 5.73 Å². The maximum atomic E-state index is 13.3. The number of halogens is 2. The first-order valence-electron chi connectivity index (χ1n) is 5.55. The minimum Gasteiger partial charge on any atom is -0.398 e. The predicted octanol–water partition coefficient (Wildman–Crippen LogP) is 3.05. The number of nitrogen functional groups attached to an aromatic ring is 1. The summed E-state index contributed by atoms with van der Waals surface area (Å²) in [5.41, 5.74) is 5.52. The van der Waals surface area contributed by atoms with Crippen LogP contribution in [0.1, 0.15) is 4.88 Å². The van der Waals surface area contributed by atoms with E-state index < -0.39 is 15.8 Å². The fraction of sp³-hybridized carbons (Fsp3) is 0.167. The summed E-state index contributed by atoms with van der Waals surface area (Å²) in [6.07, 6.45) is 0. The van der Waals surface area contributed by atoms with Crippen LogP contribution in [0.15, 0.2) is 39.0 Å². The normalized spacial score (nSPS) is 12.0. The number of thiophene rings is 1. The zero-order valence-electron chi connectivity index (χ0n) is 10.5. The largest absolute Gasteiger partial charge is 0.398 e. The summed E-state index contributed by atoms with van der Waals surface area (Å²) in [6.45, 7) is 0.244. The summed E-state index contributed by atoms with van der Waals surface area (Å²) >= 11 is 4.44. The molecule has 0 fully saturated rings. The molecular formula is C12H12BrFN2O2S2. The van der Waals surface area contributed by atoms with E-state index in [0.29, 0.717) is 0 Å². The summed E-state index contributed by atoms with van der Waals surface area (Å²) in [5, 5.41) is 1.87. The van der Waals surface area contributed by atoms with Gasteiger partial charge in [0.1, 0.15) is 10.7 Å². The average Bonchev–Trinajstić information content (AvgIpc) is 2.86. The highest BCUT2D eigenvalue weighted by Crippen LogP contribution is 2.28. The molecule has 2 aromatic rings. The molecule has 0 amide bonds. The Morgan fingerprint density at radius 3 is 2.75 bits per heavy atom. The summed E-state index contributed by atoms with van der Waals surface area (Å²) in [5.74, 6) is -0.595. The van der Waals surface area contributed by atoms with Crippen LogP contribution in [0.25, 0.3) is 0 Å².